The van der Waals surface area contributed by atoms with Gasteiger partial charge in [-0.05, 0) is 12.8 Å². The van der Waals surface area contributed by atoms with Gasteiger partial charge in [0.05, 0.1) is 13.2 Å². The van der Waals surface area contributed by atoms with Crippen LogP contribution in [-0.4, -0.2) is 25.4 Å². The van der Waals surface area contributed by atoms with Gasteiger partial charge < -0.3 is 9.47 Å². The van der Waals surface area contributed by atoms with E-state index in [0.29, 0.717) is 13.0 Å². The van der Waals surface area contributed by atoms with Gasteiger partial charge in [-0.15, -0.1) is 0 Å². The Morgan fingerprint density at radius 1 is 0.778 bits per heavy atom. The Labute approximate surface area is 108 Å². The molecule has 0 aromatic carbocycles. The van der Waals surface area contributed by atoms with Crippen molar-refractivity contribution in [2.45, 2.75) is 52.4 Å². The predicted molar refractivity (Wildman–Crippen MR) is 66.6 cm³/mol. The van der Waals surface area contributed by atoms with Crippen LogP contribution in [0.2, 0.25) is 0 Å². The number of ether oxygens (including phenoxy) is 2. The summed E-state index contributed by atoms with van der Waals surface area (Å²) in [6, 6.07) is 0. The van der Waals surface area contributed by atoms with E-state index in [0.717, 1.165) is 19.3 Å². The number of unbranched alkanes of at least 4 members (excludes halogenated alkanes) is 4. The van der Waals surface area contributed by atoms with Crippen LogP contribution in [0.5, 0.6) is 0 Å². The predicted octanol–water partition coefficient (Wildman–Crippen LogP) is 4.09. The minimum absolute atomic E-state index is 0.268. The molecule has 0 aliphatic carbocycles. The highest BCUT2D eigenvalue weighted by molar-refractivity contribution is 5.73. The zero-order valence-corrected chi connectivity index (χ0v) is 11.2. The third-order valence-electron chi connectivity index (χ3n) is 2.12. The zero-order chi connectivity index (χ0) is 13.6. The molecular formula is C12H22N2O4. The lowest BCUT2D eigenvalue weighted by molar-refractivity contribution is 0.145. The Hall–Kier alpha value is -1.46. The molecule has 0 N–H and O–H groups in total. The maximum atomic E-state index is 11.0. The molecule has 0 bridgehead atoms. The number of rotatable bonds is 8. The fraction of sp³-hybridized carbons (Fsp3) is 0.833. The van der Waals surface area contributed by atoms with Crippen molar-refractivity contribution in [2.75, 3.05) is 13.2 Å². The Morgan fingerprint density at radius 2 is 1.33 bits per heavy atom. The number of nitrogens with zero attached hydrogens (tertiary/aromatic N) is 2. The summed E-state index contributed by atoms with van der Waals surface area (Å²) < 4.78 is 9.37. The molecule has 6 nitrogen and oxygen atoms in total. The average Bonchev–Trinajstić information content (AvgIpc) is 2.38. The third kappa shape index (κ3) is 11.0. The molecule has 0 saturated carbocycles. The first kappa shape index (κ1) is 16.5. The summed E-state index contributed by atoms with van der Waals surface area (Å²) in [5, 5.41) is 6.18. The summed E-state index contributed by atoms with van der Waals surface area (Å²) in [7, 11) is 0. The van der Waals surface area contributed by atoms with Crippen LogP contribution in [0.4, 0.5) is 9.59 Å². The van der Waals surface area contributed by atoms with Gasteiger partial charge in [0.2, 0.25) is 0 Å². The molecule has 0 fully saturated rings. The van der Waals surface area contributed by atoms with E-state index in [2.05, 4.69) is 21.9 Å². The summed E-state index contributed by atoms with van der Waals surface area (Å²) >= 11 is 0. The van der Waals surface area contributed by atoms with Crippen molar-refractivity contribution in [3.05, 3.63) is 0 Å². The molecule has 6 heteroatoms. The van der Waals surface area contributed by atoms with Crippen molar-refractivity contribution >= 4 is 12.2 Å². The van der Waals surface area contributed by atoms with Gasteiger partial charge in [0.15, 0.2) is 0 Å². The summed E-state index contributed by atoms with van der Waals surface area (Å²) in [6.45, 7) is 4.57. The first-order valence-corrected chi connectivity index (χ1v) is 6.46. The van der Waals surface area contributed by atoms with Gasteiger partial charge >= 0.3 is 12.2 Å². The van der Waals surface area contributed by atoms with Crippen molar-refractivity contribution in [2.24, 2.45) is 10.2 Å². The van der Waals surface area contributed by atoms with E-state index in [4.69, 9.17) is 4.74 Å². The molecule has 0 aromatic heterocycles. The normalized spacial score (nSPS) is 10.6. The van der Waals surface area contributed by atoms with Crippen LogP contribution in [0.1, 0.15) is 52.4 Å². The quantitative estimate of drug-likeness (QED) is 0.485. The van der Waals surface area contributed by atoms with Gasteiger partial charge in [-0.1, -0.05) is 49.8 Å². The maximum absolute atomic E-state index is 11.0. The van der Waals surface area contributed by atoms with E-state index < -0.39 is 12.2 Å². The van der Waals surface area contributed by atoms with Crippen LogP contribution >= 0.6 is 0 Å². The minimum atomic E-state index is -0.864. The Bertz CT molecular complexity index is 267. The molecule has 0 aliphatic rings. The lowest BCUT2D eigenvalue weighted by atomic mass is 10.2. The molecule has 0 unspecified atom stereocenters. The smallest absolute Gasteiger partial charge is 0.447 e. The van der Waals surface area contributed by atoms with Crippen molar-refractivity contribution < 1.29 is 19.1 Å². The number of amides is 2. The highest BCUT2D eigenvalue weighted by atomic mass is 16.6. The lowest BCUT2D eigenvalue weighted by Gasteiger charge is -2.00. The third-order valence-corrected chi connectivity index (χ3v) is 2.12. The van der Waals surface area contributed by atoms with E-state index in [1.165, 1.54) is 12.8 Å². The fourth-order valence-corrected chi connectivity index (χ4v) is 1.19. The Kier molecular flexibility index (Phi) is 11.0. The Morgan fingerprint density at radius 3 is 1.89 bits per heavy atom. The molecule has 104 valence electrons. The van der Waals surface area contributed by atoms with E-state index in [1.807, 2.05) is 6.92 Å². The maximum Gasteiger partial charge on any atom is 0.452 e. The first-order valence-electron chi connectivity index (χ1n) is 6.46. The van der Waals surface area contributed by atoms with Gasteiger partial charge in [0.25, 0.3) is 0 Å². The Balaban J connectivity index is 3.52. The first-order chi connectivity index (χ1) is 8.70. The fourth-order valence-electron chi connectivity index (χ4n) is 1.19. The van der Waals surface area contributed by atoms with Crippen LogP contribution < -0.4 is 0 Å². The van der Waals surface area contributed by atoms with Crippen molar-refractivity contribution in [1.82, 2.24) is 0 Å². The van der Waals surface area contributed by atoms with Crippen molar-refractivity contribution in [1.29, 1.82) is 0 Å². The van der Waals surface area contributed by atoms with E-state index >= 15 is 0 Å². The molecule has 0 saturated heterocycles. The standard InChI is InChI=1S/C12H22N2O4/c1-3-5-6-7-8-10-18-12(16)14-13-11(15)17-9-4-2/h3-10H2,1-2H3. The lowest BCUT2D eigenvalue weighted by Crippen LogP contribution is -2.03. The number of carbonyl (C=O) groups is 2. The molecule has 18 heavy (non-hydrogen) atoms. The van der Waals surface area contributed by atoms with Crippen molar-refractivity contribution in [3.8, 4) is 0 Å². The number of carbonyl (C=O) groups excluding carboxylic acids is 2. The summed E-state index contributed by atoms with van der Waals surface area (Å²) in [5.74, 6) is 0. The second-order valence-corrected chi connectivity index (χ2v) is 3.84. The molecule has 0 aromatic rings. The largest absolute Gasteiger partial charge is 0.452 e. The SMILES string of the molecule is CCCCCCCOC(=O)N=NC(=O)OCCC. The molecule has 0 radical (unpaired) electrons. The molecule has 0 heterocycles. The van der Waals surface area contributed by atoms with Gasteiger partial charge in [0.1, 0.15) is 0 Å². The van der Waals surface area contributed by atoms with Gasteiger partial charge in [0, 0.05) is 0 Å². The highest BCUT2D eigenvalue weighted by Crippen LogP contribution is 2.02. The number of azo groups is 1. The molecule has 0 atom stereocenters. The van der Waals surface area contributed by atoms with Crippen LogP contribution in [0, 0.1) is 0 Å². The second-order valence-electron chi connectivity index (χ2n) is 3.84. The summed E-state index contributed by atoms with van der Waals surface area (Å²) in [4.78, 5) is 21.9. The van der Waals surface area contributed by atoms with E-state index in [-0.39, 0.29) is 6.61 Å². The highest BCUT2D eigenvalue weighted by Gasteiger charge is 2.03. The zero-order valence-electron chi connectivity index (χ0n) is 11.2. The van der Waals surface area contributed by atoms with Gasteiger partial charge in [-0.2, -0.15) is 0 Å². The minimum Gasteiger partial charge on any atom is -0.447 e. The molecule has 0 spiro atoms. The van der Waals surface area contributed by atoms with Crippen LogP contribution in [0.3, 0.4) is 0 Å². The molecule has 0 aliphatic heterocycles. The van der Waals surface area contributed by atoms with Gasteiger partial charge in [-0.3, -0.25) is 0 Å². The summed E-state index contributed by atoms with van der Waals surface area (Å²) in [6.07, 6.45) is 4.32. The average molecular weight is 258 g/mol. The second kappa shape index (κ2) is 12.0. The topological polar surface area (TPSA) is 77.3 Å². The monoisotopic (exact) mass is 258 g/mol. The number of hydrogen-bond donors (Lipinski definition) is 0. The summed E-state index contributed by atoms with van der Waals surface area (Å²) in [5.41, 5.74) is 0. The molecule has 2 amide bonds. The van der Waals surface area contributed by atoms with Crippen LogP contribution in [0.25, 0.3) is 0 Å². The molecule has 0 rings (SSSR count). The van der Waals surface area contributed by atoms with E-state index in [1.54, 1.807) is 0 Å². The van der Waals surface area contributed by atoms with Gasteiger partial charge in [-0.25, -0.2) is 9.59 Å². The van der Waals surface area contributed by atoms with Crippen molar-refractivity contribution in [3.63, 3.8) is 0 Å². The number of hydrogen-bond acceptors (Lipinski definition) is 4. The molecular weight excluding hydrogens is 236 g/mol. The van der Waals surface area contributed by atoms with Crippen LogP contribution in [-0.2, 0) is 9.47 Å². The van der Waals surface area contributed by atoms with E-state index in [9.17, 15) is 9.59 Å². The van der Waals surface area contributed by atoms with Crippen LogP contribution in [0.15, 0.2) is 10.2 Å².